The summed E-state index contributed by atoms with van der Waals surface area (Å²) in [6.07, 6.45) is -2.50. The molecule has 2 amide bonds. The van der Waals surface area contributed by atoms with Crippen molar-refractivity contribution in [1.29, 1.82) is 0 Å². The number of ether oxygens (including phenoxy) is 3. The lowest BCUT2D eigenvalue weighted by molar-refractivity contribution is -0.274. The molecule has 0 spiro atoms. The number of alkyl halides is 3. The van der Waals surface area contributed by atoms with E-state index in [0.29, 0.717) is 12.2 Å². The van der Waals surface area contributed by atoms with Crippen LogP contribution in [0, 0.1) is 0 Å². The number of aromatic amines is 1. The topological polar surface area (TPSA) is 92.9 Å². The van der Waals surface area contributed by atoms with Gasteiger partial charge in [-0.1, -0.05) is 36.4 Å². The Bertz CT molecular complexity index is 1470. The van der Waals surface area contributed by atoms with E-state index in [2.05, 4.69) is 15.0 Å². The molecule has 1 atom stereocenters. The molecule has 4 aromatic rings. The van der Waals surface area contributed by atoms with Gasteiger partial charge in [0.05, 0.1) is 13.2 Å². The Balaban J connectivity index is 1.47. The van der Waals surface area contributed by atoms with Crippen molar-refractivity contribution in [1.82, 2.24) is 15.2 Å². The van der Waals surface area contributed by atoms with Gasteiger partial charge in [0.1, 0.15) is 17.2 Å². The van der Waals surface area contributed by atoms with Crippen LogP contribution in [0.1, 0.15) is 18.1 Å². The molecule has 0 radical (unpaired) electrons. The number of carbonyl (C=O) groups is 2. The maximum atomic E-state index is 12.9. The molecule has 0 bridgehead atoms. The van der Waals surface area contributed by atoms with E-state index in [0.717, 1.165) is 34.2 Å². The van der Waals surface area contributed by atoms with E-state index < -0.39 is 24.1 Å². The summed E-state index contributed by atoms with van der Waals surface area (Å²) in [4.78, 5) is 30.5. The Labute approximate surface area is 235 Å². The molecule has 4 rings (SSSR count). The van der Waals surface area contributed by atoms with E-state index in [1.807, 2.05) is 54.7 Å². The third-order valence-corrected chi connectivity index (χ3v) is 6.37. The summed E-state index contributed by atoms with van der Waals surface area (Å²) in [6.45, 7) is 1.58. The maximum absolute atomic E-state index is 12.9. The second-order valence-corrected chi connectivity index (χ2v) is 9.35. The van der Waals surface area contributed by atoms with Crippen molar-refractivity contribution in [3.63, 3.8) is 0 Å². The summed E-state index contributed by atoms with van der Waals surface area (Å²) in [7, 11) is 1.56. The number of fused-ring (bicyclic) bond motifs is 1. The normalized spacial score (nSPS) is 12.0. The molecule has 0 saturated heterocycles. The molecule has 1 heterocycles. The Morgan fingerprint density at radius 3 is 2.34 bits per heavy atom. The van der Waals surface area contributed by atoms with Gasteiger partial charge in [-0.25, -0.2) is 0 Å². The van der Waals surface area contributed by atoms with Crippen molar-refractivity contribution in [3.8, 4) is 17.2 Å². The van der Waals surface area contributed by atoms with E-state index in [4.69, 9.17) is 9.47 Å². The molecule has 0 aliphatic rings. The lowest BCUT2D eigenvalue weighted by Crippen LogP contribution is -2.47. The molecule has 2 N–H and O–H groups in total. The van der Waals surface area contributed by atoms with Crippen LogP contribution in [0.25, 0.3) is 10.9 Å². The first-order chi connectivity index (χ1) is 19.6. The lowest BCUT2D eigenvalue weighted by Gasteiger charge is -2.28. The SMILES string of the molecule is COc1ccccc1CN(CC(Cc1c[nH]c2ccccc12)NC(=O)COc1ccc(OC(F)(F)F)cc1)C(C)=O. The first-order valence-corrected chi connectivity index (χ1v) is 12.8. The third kappa shape index (κ3) is 8.41. The zero-order chi connectivity index (χ0) is 29.4. The van der Waals surface area contributed by atoms with E-state index in [1.165, 1.54) is 19.1 Å². The van der Waals surface area contributed by atoms with Gasteiger partial charge < -0.3 is 29.4 Å². The first kappa shape index (κ1) is 29.3. The Hall–Kier alpha value is -4.67. The largest absolute Gasteiger partial charge is 0.573 e. The highest BCUT2D eigenvalue weighted by Gasteiger charge is 2.31. The van der Waals surface area contributed by atoms with Gasteiger partial charge in [-0.15, -0.1) is 13.2 Å². The van der Waals surface area contributed by atoms with Crippen LogP contribution in [-0.4, -0.2) is 54.4 Å². The summed E-state index contributed by atoms with van der Waals surface area (Å²) in [5.41, 5.74) is 2.74. The van der Waals surface area contributed by atoms with Crippen LogP contribution in [0.5, 0.6) is 17.2 Å². The average Bonchev–Trinajstić information content (AvgIpc) is 3.34. The van der Waals surface area contributed by atoms with Gasteiger partial charge >= 0.3 is 6.36 Å². The van der Waals surface area contributed by atoms with E-state index in [1.54, 1.807) is 12.0 Å². The summed E-state index contributed by atoms with van der Waals surface area (Å²) in [5, 5.41) is 3.96. The summed E-state index contributed by atoms with van der Waals surface area (Å²) >= 11 is 0. The molecule has 0 fully saturated rings. The van der Waals surface area contributed by atoms with Crippen molar-refractivity contribution in [2.24, 2.45) is 0 Å². The zero-order valence-corrected chi connectivity index (χ0v) is 22.5. The molecule has 41 heavy (non-hydrogen) atoms. The molecule has 0 aliphatic carbocycles. The summed E-state index contributed by atoms with van der Waals surface area (Å²) in [5.74, 6) is -0.175. The molecule has 1 aromatic heterocycles. The number of rotatable bonds is 12. The second kappa shape index (κ2) is 13.1. The molecule has 0 saturated carbocycles. The van der Waals surface area contributed by atoms with Gasteiger partial charge in [-0.3, -0.25) is 9.59 Å². The number of hydrogen-bond acceptors (Lipinski definition) is 5. The summed E-state index contributed by atoms with van der Waals surface area (Å²) < 4.78 is 52.0. The van der Waals surface area contributed by atoms with Gasteiger partial charge in [-0.05, 0) is 48.4 Å². The minimum Gasteiger partial charge on any atom is -0.496 e. The van der Waals surface area contributed by atoms with E-state index in [-0.39, 0.29) is 31.4 Å². The number of benzene rings is 3. The molecular weight excluding hydrogens is 539 g/mol. The van der Waals surface area contributed by atoms with Crippen LogP contribution in [0.2, 0.25) is 0 Å². The minimum absolute atomic E-state index is 0.175. The van der Waals surface area contributed by atoms with Crippen molar-refractivity contribution in [2.75, 3.05) is 20.3 Å². The highest BCUT2D eigenvalue weighted by atomic mass is 19.4. The van der Waals surface area contributed by atoms with Gasteiger partial charge in [0.15, 0.2) is 6.61 Å². The molecular formula is C30H30F3N3O5. The number of para-hydroxylation sites is 2. The fraction of sp³-hybridized carbons (Fsp3) is 0.267. The van der Waals surface area contributed by atoms with Crippen LogP contribution in [0.3, 0.4) is 0 Å². The number of H-pyrrole nitrogens is 1. The predicted octanol–water partition coefficient (Wildman–Crippen LogP) is 5.23. The number of nitrogens with zero attached hydrogens (tertiary/aromatic N) is 1. The standard InChI is InChI=1S/C30H30F3N3O5/c1-20(37)36(17-21-7-3-6-10-28(21)39-2)18-23(15-22-16-34-27-9-5-4-8-26(22)27)35-29(38)19-40-24-11-13-25(14-12-24)41-30(31,32)33/h3-14,16,23,34H,15,17-19H2,1-2H3,(H,35,38). The predicted molar refractivity (Wildman–Crippen MR) is 147 cm³/mol. The number of carbonyl (C=O) groups excluding carboxylic acids is 2. The van der Waals surface area contributed by atoms with Crippen molar-refractivity contribution >= 4 is 22.7 Å². The molecule has 0 aliphatic heterocycles. The van der Waals surface area contributed by atoms with Crippen LogP contribution in [-0.2, 0) is 22.6 Å². The highest BCUT2D eigenvalue weighted by molar-refractivity contribution is 5.83. The van der Waals surface area contributed by atoms with Crippen LogP contribution >= 0.6 is 0 Å². The van der Waals surface area contributed by atoms with Crippen LogP contribution in [0.15, 0.2) is 79.0 Å². The number of nitrogens with one attached hydrogen (secondary N) is 2. The lowest BCUT2D eigenvalue weighted by atomic mass is 10.0. The summed E-state index contributed by atoms with van der Waals surface area (Å²) in [6, 6.07) is 19.5. The number of methoxy groups -OCH3 is 1. The number of hydrogen-bond donors (Lipinski definition) is 2. The number of halogens is 3. The molecule has 8 nitrogen and oxygen atoms in total. The third-order valence-electron chi connectivity index (χ3n) is 6.37. The van der Waals surface area contributed by atoms with Crippen molar-refractivity contribution in [2.45, 2.75) is 32.3 Å². The van der Waals surface area contributed by atoms with E-state index in [9.17, 15) is 22.8 Å². The Morgan fingerprint density at radius 2 is 1.63 bits per heavy atom. The van der Waals surface area contributed by atoms with Gasteiger partial charge in [0, 0.05) is 42.7 Å². The number of aromatic nitrogens is 1. The maximum Gasteiger partial charge on any atom is 0.573 e. The fourth-order valence-electron chi connectivity index (χ4n) is 4.49. The molecule has 11 heteroatoms. The Morgan fingerprint density at radius 1 is 0.951 bits per heavy atom. The van der Waals surface area contributed by atoms with Gasteiger partial charge in [0.2, 0.25) is 5.91 Å². The Kier molecular flexibility index (Phi) is 9.38. The highest BCUT2D eigenvalue weighted by Crippen LogP contribution is 2.25. The monoisotopic (exact) mass is 569 g/mol. The average molecular weight is 570 g/mol. The molecule has 216 valence electrons. The smallest absolute Gasteiger partial charge is 0.496 e. The molecule has 1 unspecified atom stereocenters. The van der Waals surface area contributed by atoms with Gasteiger partial charge in [-0.2, -0.15) is 0 Å². The van der Waals surface area contributed by atoms with E-state index >= 15 is 0 Å². The number of amides is 2. The minimum atomic E-state index is -4.80. The molecule has 3 aromatic carbocycles. The van der Waals surface area contributed by atoms with Crippen molar-refractivity contribution in [3.05, 3.63) is 90.1 Å². The zero-order valence-electron chi connectivity index (χ0n) is 22.5. The quantitative estimate of drug-likeness (QED) is 0.244. The first-order valence-electron chi connectivity index (χ1n) is 12.8. The van der Waals surface area contributed by atoms with Crippen LogP contribution < -0.4 is 19.5 Å². The fourth-order valence-corrected chi connectivity index (χ4v) is 4.49. The van der Waals surface area contributed by atoms with Crippen molar-refractivity contribution < 1.29 is 37.0 Å². The second-order valence-electron chi connectivity index (χ2n) is 9.35. The van der Waals surface area contributed by atoms with Crippen LogP contribution in [0.4, 0.5) is 13.2 Å². The van der Waals surface area contributed by atoms with Gasteiger partial charge in [0.25, 0.3) is 5.91 Å².